The first kappa shape index (κ1) is 15.5. The van der Waals surface area contributed by atoms with Crippen LogP contribution in [0.4, 0.5) is 5.69 Å². The maximum Gasteiger partial charge on any atom is 0.333 e. The fraction of sp³-hybridized carbons (Fsp3) is 0.357. The van der Waals surface area contributed by atoms with Gasteiger partial charge in [-0.3, -0.25) is 9.59 Å². The second-order valence-electron chi connectivity index (χ2n) is 4.75. The van der Waals surface area contributed by atoms with E-state index in [0.717, 1.165) is 5.56 Å². The third-order valence-corrected chi connectivity index (χ3v) is 3.14. The minimum absolute atomic E-state index is 0.0869. The second kappa shape index (κ2) is 7.24. The van der Waals surface area contributed by atoms with Crippen molar-refractivity contribution in [3.8, 4) is 0 Å². The first-order chi connectivity index (χ1) is 10.6. The number of hydrogen-bond donors (Lipinski definition) is 0. The van der Waals surface area contributed by atoms with Crippen molar-refractivity contribution in [3.63, 3.8) is 0 Å². The van der Waals surface area contributed by atoms with Crippen LogP contribution >= 0.6 is 0 Å². The first-order valence-electron chi connectivity index (χ1n) is 6.81. The van der Waals surface area contributed by atoms with Crippen LogP contribution in [0.3, 0.4) is 0 Å². The molecule has 0 aliphatic carbocycles. The van der Waals surface area contributed by atoms with Gasteiger partial charge in [-0.25, -0.2) is 4.79 Å². The SMILES string of the molecule is [N-]=[N+]=Nc1ccc(CCCC(=O)ON2C(=O)CCC2=O)cc1. The molecular formula is C14H14N4O4. The number of rotatable bonds is 6. The third-order valence-electron chi connectivity index (χ3n) is 3.14. The predicted molar refractivity (Wildman–Crippen MR) is 75.4 cm³/mol. The van der Waals surface area contributed by atoms with Crippen LogP contribution in [-0.2, 0) is 25.6 Å². The molecule has 0 aromatic heterocycles. The summed E-state index contributed by atoms with van der Waals surface area (Å²) in [6, 6.07) is 7.00. The maximum absolute atomic E-state index is 11.6. The lowest BCUT2D eigenvalue weighted by atomic mass is 10.1. The molecule has 0 bridgehead atoms. The predicted octanol–water partition coefficient (Wildman–Crippen LogP) is 2.56. The molecule has 1 aromatic rings. The molecule has 1 fully saturated rings. The van der Waals surface area contributed by atoms with Crippen molar-refractivity contribution in [2.24, 2.45) is 5.11 Å². The molecule has 1 heterocycles. The topological polar surface area (TPSA) is 112 Å². The zero-order chi connectivity index (χ0) is 15.9. The summed E-state index contributed by atoms with van der Waals surface area (Å²) >= 11 is 0. The fourth-order valence-corrected chi connectivity index (χ4v) is 2.02. The van der Waals surface area contributed by atoms with Gasteiger partial charge in [0.25, 0.3) is 11.8 Å². The van der Waals surface area contributed by atoms with Gasteiger partial charge in [0, 0.05) is 29.9 Å². The number of hydrogen-bond acceptors (Lipinski definition) is 5. The number of carbonyl (C=O) groups is 3. The lowest BCUT2D eigenvalue weighted by Crippen LogP contribution is -2.31. The van der Waals surface area contributed by atoms with Gasteiger partial charge in [-0.05, 0) is 23.9 Å². The molecule has 8 nitrogen and oxygen atoms in total. The quantitative estimate of drug-likeness (QED) is 0.348. The Bertz CT molecular complexity index is 619. The first-order valence-corrected chi connectivity index (χ1v) is 6.81. The van der Waals surface area contributed by atoms with Gasteiger partial charge in [-0.15, -0.1) is 5.06 Å². The van der Waals surface area contributed by atoms with E-state index in [2.05, 4.69) is 10.0 Å². The highest BCUT2D eigenvalue weighted by Gasteiger charge is 2.32. The lowest BCUT2D eigenvalue weighted by molar-refractivity contribution is -0.197. The molecule has 1 saturated heterocycles. The van der Waals surface area contributed by atoms with Gasteiger partial charge in [-0.2, -0.15) is 0 Å². The van der Waals surface area contributed by atoms with Gasteiger partial charge in [0.2, 0.25) is 0 Å². The molecule has 0 atom stereocenters. The van der Waals surface area contributed by atoms with E-state index < -0.39 is 17.8 Å². The van der Waals surface area contributed by atoms with E-state index >= 15 is 0 Å². The minimum Gasteiger partial charge on any atom is -0.330 e. The van der Waals surface area contributed by atoms with Crippen LogP contribution in [0.25, 0.3) is 10.4 Å². The van der Waals surface area contributed by atoms with E-state index in [4.69, 9.17) is 10.4 Å². The van der Waals surface area contributed by atoms with Crippen LogP contribution in [0.2, 0.25) is 0 Å². The Kier molecular flexibility index (Phi) is 5.11. The van der Waals surface area contributed by atoms with E-state index in [9.17, 15) is 14.4 Å². The Morgan fingerprint density at radius 2 is 1.86 bits per heavy atom. The minimum atomic E-state index is -0.602. The summed E-state index contributed by atoms with van der Waals surface area (Å²) in [4.78, 5) is 41.6. The summed E-state index contributed by atoms with van der Waals surface area (Å²) in [7, 11) is 0. The van der Waals surface area contributed by atoms with Gasteiger partial charge < -0.3 is 4.84 Å². The Morgan fingerprint density at radius 1 is 1.23 bits per heavy atom. The smallest absolute Gasteiger partial charge is 0.330 e. The molecule has 1 aliphatic rings. The number of aryl methyl sites for hydroxylation is 1. The van der Waals surface area contributed by atoms with E-state index in [1.54, 1.807) is 12.1 Å². The number of azide groups is 1. The highest BCUT2D eigenvalue weighted by molar-refractivity contribution is 6.01. The van der Waals surface area contributed by atoms with Crippen molar-refractivity contribution in [3.05, 3.63) is 40.3 Å². The molecule has 1 aromatic carbocycles. The highest BCUT2D eigenvalue weighted by Crippen LogP contribution is 2.16. The zero-order valence-electron chi connectivity index (χ0n) is 11.8. The normalized spacial score (nSPS) is 13.9. The summed E-state index contributed by atoms with van der Waals surface area (Å²) in [5.74, 6) is -1.56. The number of nitrogens with zero attached hydrogens (tertiary/aromatic N) is 4. The van der Waals surface area contributed by atoms with E-state index in [1.807, 2.05) is 12.1 Å². The average Bonchev–Trinajstić information content (AvgIpc) is 2.81. The Balaban J connectivity index is 1.76. The van der Waals surface area contributed by atoms with Crippen molar-refractivity contribution >= 4 is 23.5 Å². The van der Waals surface area contributed by atoms with E-state index in [1.165, 1.54) is 0 Å². The zero-order valence-corrected chi connectivity index (χ0v) is 11.8. The Hall–Kier alpha value is -2.86. The molecule has 2 rings (SSSR count). The maximum atomic E-state index is 11.6. The average molecular weight is 302 g/mol. The van der Waals surface area contributed by atoms with Crippen LogP contribution in [0, 0.1) is 0 Å². The standard InChI is InChI=1S/C14H14N4O4/c15-17-16-11-6-4-10(5-7-11)2-1-3-14(21)22-18-12(19)8-9-13(18)20/h4-7H,1-3,8-9H2. The molecule has 22 heavy (non-hydrogen) atoms. The van der Waals surface area contributed by atoms with Crippen molar-refractivity contribution < 1.29 is 19.2 Å². The molecule has 0 unspecified atom stereocenters. The van der Waals surface area contributed by atoms with Crippen LogP contribution in [0.1, 0.15) is 31.2 Å². The summed E-state index contributed by atoms with van der Waals surface area (Å²) in [5.41, 5.74) is 9.81. The second-order valence-corrected chi connectivity index (χ2v) is 4.75. The van der Waals surface area contributed by atoms with Crippen LogP contribution < -0.4 is 0 Å². The monoisotopic (exact) mass is 302 g/mol. The van der Waals surface area contributed by atoms with E-state index in [-0.39, 0.29) is 19.3 Å². The number of hydroxylamine groups is 2. The summed E-state index contributed by atoms with van der Waals surface area (Å²) < 4.78 is 0. The van der Waals surface area contributed by atoms with Gasteiger partial charge in [0.15, 0.2) is 0 Å². The van der Waals surface area contributed by atoms with Crippen LogP contribution in [0.5, 0.6) is 0 Å². The van der Waals surface area contributed by atoms with Crippen molar-refractivity contribution in [1.82, 2.24) is 5.06 Å². The number of benzene rings is 1. The van der Waals surface area contributed by atoms with Crippen LogP contribution in [0.15, 0.2) is 29.4 Å². The van der Waals surface area contributed by atoms with Crippen molar-refractivity contribution in [1.29, 1.82) is 0 Å². The van der Waals surface area contributed by atoms with Gasteiger partial charge in [-0.1, -0.05) is 29.4 Å². The molecule has 0 saturated carbocycles. The number of carbonyl (C=O) groups excluding carboxylic acids is 3. The molecule has 0 radical (unpaired) electrons. The summed E-state index contributed by atoms with van der Waals surface area (Å²) in [5, 5.41) is 4.02. The lowest BCUT2D eigenvalue weighted by Gasteiger charge is -2.12. The summed E-state index contributed by atoms with van der Waals surface area (Å²) in [6.45, 7) is 0. The van der Waals surface area contributed by atoms with Crippen molar-refractivity contribution in [2.75, 3.05) is 0 Å². The number of imide groups is 1. The largest absolute Gasteiger partial charge is 0.333 e. The highest BCUT2D eigenvalue weighted by atomic mass is 16.7. The Labute approximate surface area is 126 Å². The molecular weight excluding hydrogens is 288 g/mol. The molecule has 0 spiro atoms. The summed E-state index contributed by atoms with van der Waals surface area (Å²) in [6.07, 6.45) is 1.44. The molecule has 114 valence electrons. The molecule has 8 heteroatoms. The fourth-order valence-electron chi connectivity index (χ4n) is 2.02. The molecule has 1 aliphatic heterocycles. The Morgan fingerprint density at radius 3 is 2.45 bits per heavy atom. The van der Waals surface area contributed by atoms with Crippen molar-refractivity contribution in [2.45, 2.75) is 32.1 Å². The molecule has 0 N–H and O–H groups in total. The van der Waals surface area contributed by atoms with Gasteiger partial charge in [0.1, 0.15) is 0 Å². The number of amides is 2. The third kappa shape index (κ3) is 4.07. The van der Waals surface area contributed by atoms with E-state index in [0.29, 0.717) is 23.6 Å². The van der Waals surface area contributed by atoms with Crippen LogP contribution in [-0.4, -0.2) is 22.8 Å². The molecule has 2 amide bonds. The van der Waals surface area contributed by atoms with Gasteiger partial charge >= 0.3 is 5.97 Å². The van der Waals surface area contributed by atoms with Gasteiger partial charge in [0.05, 0.1) is 0 Å².